The van der Waals surface area contributed by atoms with E-state index in [-0.39, 0.29) is 18.3 Å². The third-order valence-corrected chi connectivity index (χ3v) is 4.73. The van der Waals surface area contributed by atoms with Gasteiger partial charge in [-0.25, -0.2) is 9.18 Å². The van der Waals surface area contributed by atoms with E-state index in [0.29, 0.717) is 10.6 Å². The van der Waals surface area contributed by atoms with Gasteiger partial charge in [0.15, 0.2) is 0 Å². The topological polar surface area (TPSA) is 86.0 Å². The molecule has 0 aliphatic heterocycles. The van der Waals surface area contributed by atoms with Crippen molar-refractivity contribution in [1.82, 2.24) is 19.7 Å². The van der Waals surface area contributed by atoms with Crippen molar-refractivity contribution in [2.75, 3.05) is 0 Å². The van der Waals surface area contributed by atoms with Gasteiger partial charge in [0.25, 0.3) is 11.5 Å². The van der Waals surface area contributed by atoms with Crippen LogP contribution in [0.5, 0.6) is 0 Å². The molecule has 7 nitrogen and oxygen atoms in total. The van der Waals surface area contributed by atoms with Crippen molar-refractivity contribution in [3.63, 3.8) is 0 Å². The smallest absolute Gasteiger partial charge is 0.348 e. The third-order valence-electron chi connectivity index (χ3n) is 4.50. The van der Waals surface area contributed by atoms with Crippen molar-refractivity contribution >= 4 is 17.5 Å². The van der Waals surface area contributed by atoms with Gasteiger partial charge in [0.05, 0.1) is 6.54 Å². The Morgan fingerprint density at radius 3 is 2.62 bits per heavy atom. The van der Waals surface area contributed by atoms with Crippen LogP contribution in [-0.4, -0.2) is 26.3 Å². The lowest BCUT2D eigenvalue weighted by Gasteiger charge is -2.13. The van der Waals surface area contributed by atoms with Gasteiger partial charge in [-0.1, -0.05) is 35.9 Å². The Balaban J connectivity index is 1.89. The average molecular weight is 415 g/mol. The summed E-state index contributed by atoms with van der Waals surface area (Å²) in [4.78, 5) is 38.4. The highest BCUT2D eigenvalue weighted by molar-refractivity contribution is 6.30. The zero-order chi connectivity index (χ0) is 20.5. The van der Waals surface area contributed by atoms with E-state index in [2.05, 4.69) is 10.4 Å². The normalized spacial score (nSPS) is 13.3. The number of nitrogens with zero attached hydrogens (tertiary/aromatic N) is 3. The molecule has 1 aliphatic rings. The molecule has 0 radical (unpaired) electrons. The maximum Gasteiger partial charge on any atom is 0.352 e. The molecule has 1 aliphatic carbocycles. The molecule has 1 saturated carbocycles. The van der Waals surface area contributed by atoms with Crippen LogP contribution < -0.4 is 16.6 Å². The van der Waals surface area contributed by atoms with Crippen molar-refractivity contribution in [1.29, 1.82) is 0 Å². The molecular formula is C20H16ClFN4O3. The first kappa shape index (κ1) is 19.1. The Bertz CT molecular complexity index is 1220. The quantitative estimate of drug-likeness (QED) is 0.693. The van der Waals surface area contributed by atoms with Gasteiger partial charge in [-0.3, -0.25) is 14.2 Å². The Morgan fingerprint density at radius 1 is 1.17 bits per heavy atom. The molecule has 1 heterocycles. The van der Waals surface area contributed by atoms with Crippen LogP contribution in [0.2, 0.25) is 5.02 Å². The lowest BCUT2D eigenvalue weighted by molar-refractivity contribution is 0.0941. The van der Waals surface area contributed by atoms with Crippen LogP contribution in [0.15, 0.2) is 58.1 Å². The lowest BCUT2D eigenvalue weighted by Crippen LogP contribution is -2.46. The third kappa shape index (κ3) is 3.97. The zero-order valence-corrected chi connectivity index (χ0v) is 15.9. The molecule has 0 unspecified atom stereocenters. The number of amides is 1. The fourth-order valence-corrected chi connectivity index (χ4v) is 3.09. The molecule has 4 rings (SSSR count). The highest BCUT2D eigenvalue weighted by atomic mass is 35.5. The molecule has 1 amide bonds. The van der Waals surface area contributed by atoms with Gasteiger partial charge >= 0.3 is 5.69 Å². The van der Waals surface area contributed by atoms with Crippen LogP contribution >= 0.6 is 11.6 Å². The SMILES string of the molecule is O=C(NC1CC1)c1nn(-c2ccccc2F)c(=O)n(Cc2cccc(Cl)c2)c1=O. The minimum atomic E-state index is -0.858. The van der Waals surface area contributed by atoms with Crippen molar-refractivity contribution in [3.05, 3.63) is 91.5 Å². The molecule has 9 heteroatoms. The van der Waals surface area contributed by atoms with E-state index in [0.717, 1.165) is 22.1 Å². The van der Waals surface area contributed by atoms with E-state index in [4.69, 9.17) is 11.6 Å². The van der Waals surface area contributed by atoms with Crippen LogP contribution in [0.25, 0.3) is 5.69 Å². The van der Waals surface area contributed by atoms with Crippen molar-refractivity contribution in [2.45, 2.75) is 25.4 Å². The lowest BCUT2D eigenvalue weighted by atomic mass is 10.2. The first-order valence-corrected chi connectivity index (χ1v) is 9.36. The standard InChI is InChI=1S/C20H16ClFN4O3/c21-13-5-3-4-12(10-13)11-25-19(28)17(18(27)23-14-8-9-14)24-26(20(25)29)16-7-2-1-6-15(16)22/h1-7,10,14H,8-9,11H2,(H,23,27). The highest BCUT2D eigenvalue weighted by Gasteiger charge is 2.28. The molecule has 29 heavy (non-hydrogen) atoms. The van der Waals surface area contributed by atoms with E-state index in [9.17, 15) is 18.8 Å². The first-order chi connectivity index (χ1) is 13.9. The van der Waals surface area contributed by atoms with Crippen LogP contribution in [0.1, 0.15) is 28.9 Å². The molecule has 148 valence electrons. The van der Waals surface area contributed by atoms with Gasteiger partial charge in [-0.2, -0.15) is 9.78 Å². The fraction of sp³-hybridized carbons (Fsp3) is 0.200. The fourth-order valence-electron chi connectivity index (χ4n) is 2.88. The second kappa shape index (κ2) is 7.63. The van der Waals surface area contributed by atoms with E-state index in [1.807, 2.05) is 0 Å². The summed E-state index contributed by atoms with van der Waals surface area (Å²) in [6.45, 7) is -0.140. The highest BCUT2D eigenvalue weighted by Crippen LogP contribution is 2.19. The zero-order valence-electron chi connectivity index (χ0n) is 15.1. The van der Waals surface area contributed by atoms with Gasteiger partial charge in [0.2, 0.25) is 5.69 Å². The maximum atomic E-state index is 14.3. The van der Waals surface area contributed by atoms with E-state index in [1.54, 1.807) is 24.3 Å². The summed E-state index contributed by atoms with van der Waals surface area (Å²) in [5.41, 5.74) is -1.75. The number of rotatable bonds is 5. The number of nitrogens with one attached hydrogen (secondary N) is 1. The van der Waals surface area contributed by atoms with Crippen LogP contribution in [-0.2, 0) is 6.54 Å². The second-order valence-electron chi connectivity index (χ2n) is 6.76. The van der Waals surface area contributed by atoms with Crippen LogP contribution in [0, 0.1) is 5.82 Å². The molecule has 1 aromatic heterocycles. The minimum absolute atomic E-state index is 0.0149. The maximum absolute atomic E-state index is 14.3. The predicted molar refractivity (Wildman–Crippen MR) is 105 cm³/mol. The number of aromatic nitrogens is 3. The minimum Gasteiger partial charge on any atom is -0.348 e. The molecule has 0 bridgehead atoms. The molecular weight excluding hydrogens is 399 g/mol. The molecule has 0 atom stereocenters. The first-order valence-electron chi connectivity index (χ1n) is 8.98. The largest absolute Gasteiger partial charge is 0.352 e. The average Bonchev–Trinajstić information content (AvgIpc) is 3.50. The number of para-hydroxylation sites is 1. The monoisotopic (exact) mass is 414 g/mol. The Kier molecular flexibility index (Phi) is 5.02. The number of carbonyl (C=O) groups is 1. The van der Waals surface area contributed by atoms with Gasteiger partial charge < -0.3 is 5.32 Å². The summed E-state index contributed by atoms with van der Waals surface area (Å²) in [7, 11) is 0. The number of hydrogen-bond acceptors (Lipinski definition) is 4. The molecule has 1 fully saturated rings. The Hall–Kier alpha value is -3.26. The Morgan fingerprint density at radius 2 is 1.93 bits per heavy atom. The van der Waals surface area contributed by atoms with Crippen molar-refractivity contribution < 1.29 is 9.18 Å². The molecule has 3 aromatic rings. The number of carbonyl (C=O) groups excluding carboxylic acids is 1. The summed E-state index contributed by atoms with van der Waals surface area (Å²) in [5, 5.41) is 7.01. The summed E-state index contributed by atoms with van der Waals surface area (Å²) < 4.78 is 15.9. The van der Waals surface area contributed by atoms with Gasteiger partial charge in [-0.15, -0.1) is 0 Å². The summed E-state index contributed by atoms with van der Waals surface area (Å²) >= 11 is 5.99. The molecule has 0 saturated heterocycles. The number of benzene rings is 2. The summed E-state index contributed by atoms with van der Waals surface area (Å²) in [6.07, 6.45) is 1.63. The van der Waals surface area contributed by atoms with Crippen molar-refractivity contribution in [2.24, 2.45) is 0 Å². The molecule has 2 aromatic carbocycles. The van der Waals surface area contributed by atoms with E-state index >= 15 is 0 Å². The molecule has 0 spiro atoms. The van der Waals surface area contributed by atoms with E-state index < -0.39 is 28.7 Å². The number of hydrogen-bond donors (Lipinski definition) is 1. The number of halogens is 2. The van der Waals surface area contributed by atoms with Crippen LogP contribution in [0.3, 0.4) is 0 Å². The molecule has 1 N–H and O–H groups in total. The summed E-state index contributed by atoms with van der Waals surface area (Å²) in [6, 6.07) is 12.1. The van der Waals surface area contributed by atoms with E-state index in [1.165, 1.54) is 24.3 Å². The Labute approximate surface area is 169 Å². The van der Waals surface area contributed by atoms with Gasteiger partial charge in [0.1, 0.15) is 11.5 Å². The predicted octanol–water partition coefficient (Wildman–Crippen LogP) is 2.13. The van der Waals surface area contributed by atoms with Gasteiger partial charge in [-0.05, 0) is 42.7 Å². The van der Waals surface area contributed by atoms with Gasteiger partial charge in [0, 0.05) is 11.1 Å². The summed E-state index contributed by atoms with van der Waals surface area (Å²) in [5.74, 6) is -1.40. The van der Waals surface area contributed by atoms with Crippen LogP contribution in [0.4, 0.5) is 4.39 Å². The van der Waals surface area contributed by atoms with Crippen molar-refractivity contribution in [3.8, 4) is 5.69 Å². The second-order valence-corrected chi connectivity index (χ2v) is 7.20.